The second kappa shape index (κ2) is 10.3. The molecule has 0 amide bonds. The molecule has 2 spiro atoms. The molecular weight excluding hydrogens is 504 g/mol. The number of hydrogen-bond donors (Lipinski definition) is 0. The van der Waals surface area contributed by atoms with E-state index in [1.807, 2.05) is 18.2 Å². The van der Waals surface area contributed by atoms with Crippen molar-refractivity contribution < 1.29 is 28.4 Å². The van der Waals surface area contributed by atoms with E-state index in [2.05, 4.69) is 17.1 Å². The molecule has 0 radical (unpaired) electrons. The minimum atomic E-state index is -0.615. The van der Waals surface area contributed by atoms with Crippen molar-refractivity contribution in [3.8, 4) is 0 Å². The predicted molar refractivity (Wildman–Crippen MR) is 141 cm³/mol. The molecule has 1 aromatic carbocycles. The fraction of sp³-hybridized carbons (Fsp3) is 0.655. The molecule has 6 atom stereocenters. The maximum atomic E-state index is 6.86. The van der Waals surface area contributed by atoms with Crippen molar-refractivity contribution in [1.82, 2.24) is 9.55 Å². The lowest BCUT2D eigenvalue weighted by molar-refractivity contribution is -0.226. The number of nitrogens with zero attached hydrogens (tertiary/aromatic N) is 2. The fourth-order valence-corrected chi connectivity index (χ4v) is 7.21. The summed E-state index contributed by atoms with van der Waals surface area (Å²) < 4.78 is 42.3. The Kier molecular flexibility index (Phi) is 6.78. The maximum Gasteiger partial charge on any atom is 0.269 e. The van der Waals surface area contributed by atoms with Crippen molar-refractivity contribution >= 4 is 17.4 Å². The van der Waals surface area contributed by atoms with Crippen LogP contribution in [0.5, 0.6) is 0 Å². The summed E-state index contributed by atoms with van der Waals surface area (Å²) in [5.41, 5.74) is 1.08. The highest BCUT2D eigenvalue weighted by Crippen LogP contribution is 2.52. The van der Waals surface area contributed by atoms with Crippen LogP contribution >= 0.6 is 12.2 Å². The fourth-order valence-electron chi connectivity index (χ4n) is 6.99. The molecule has 0 N–H and O–H groups in total. The number of thiocarbonyl (C=S) groups is 1. The largest absolute Gasteiger partial charge is 0.461 e. The first kappa shape index (κ1) is 25.1. The Bertz CT molecular complexity index is 1100. The number of benzene rings is 1. The van der Waals surface area contributed by atoms with Gasteiger partial charge in [-0.15, -0.1) is 0 Å². The van der Waals surface area contributed by atoms with E-state index in [1.54, 1.807) is 23.3 Å². The molecule has 3 saturated carbocycles. The molecule has 3 heterocycles. The topological polar surface area (TPSA) is 73.2 Å². The molecule has 1 aromatic heterocycles. The van der Waals surface area contributed by atoms with Crippen LogP contribution in [0.2, 0.25) is 0 Å². The molecule has 2 aromatic rings. The number of rotatable bonds is 4. The average molecular weight is 541 g/mol. The Hall–Kier alpha value is -1.88. The molecule has 0 bridgehead atoms. The summed E-state index contributed by atoms with van der Waals surface area (Å²) in [5.74, 6) is -1.21. The third-order valence-electron chi connectivity index (χ3n) is 8.81. The molecular formula is C29H36N2O6S. The SMILES string of the molecule is S=C(O[C@H]1[C@H](OCc2ccccc2)[C@H]2OC3(CCCCC3)O[C@H]2[C@H]2OC3(CCCCC3)O[C@H]12)n1ccnc1. The van der Waals surface area contributed by atoms with Crippen molar-refractivity contribution in [2.24, 2.45) is 0 Å². The van der Waals surface area contributed by atoms with Gasteiger partial charge in [-0.1, -0.05) is 43.2 Å². The van der Waals surface area contributed by atoms with Crippen molar-refractivity contribution in [2.75, 3.05) is 0 Å². The van der Waals surface area contributed by atoms with E-state index in [9.17, 15) is 0 Å². The zero-order valence-corrected chi connectivity index (χ0v) is 22.4. The van der Waals surface area contributed by atoms with Crippen LogP contribution in [0.15, 0.2) is 49.1 Å². The monoisotopic (exact) mass is 540 g/mol. The summed E-state index contributed by atoms with van der Waals surface area (Å²) in [6.45, 7) is 0.423. The molecule has 2 aliphatic heterocycles. The third-order valence-corrected chi connectivity index (χ3v) is 9.12. The molecule has 5 fully saturated rings. The highest BCUT2D eigenvalue weighted by molar-refractivity contribution is 7.80. The summed E-state index contributed by atoms with van der Waals surface area (Å²) in [6.07, 6.45) is 13.1. The predicted octanol–water partition coefficient (Wildman–Crippen LogP) is 4.89. The first-order chi connectivity index (χ1) is 18.6. The number of imidazole rings is 1. The van der Waals surface area contributed by atoms with Crippen LogP contribution in [0.1, 0.15) is 69.8 Å². The van der Waals surface area contributed by atoms with Crippen molar-refractivity contribution in [2.45, 2.75) is 119 Å². The lowest BCUT2D eigenvalue weighted by Crippen LogP contribution is -2.63. The number of fused-ring (bicyclic) bond motifs is 3. The summed E-state index contributed by atoms with van der Waals surface area (Å²) in [4.78, 5) is 4.14. The molecule has 204 valence electrons. The molecule has 8 nitrogen and oxygen atoms in total. The van der Waals surface area contributed by atoms with Gasteiger partial charge in [-0.25, -0.2) is 4.98 Å². The number of aromatic nitrogens is 2. The third kappa shape index (κ3) is 4.61. The summed E-state index contributed by atoms with van der Waals surface area (Å²) >= 11 is 5.71. The van der Waals surface area contributed by atoms with Crippen LogP contribution in [-0.2, 0) is 35.0 Å². The van der Waals surface area contributed by atoms with E-state index in [4.69, 9.17) is 40.6 Å². The average Bonchev–Trinajstić information content (AvgIpc) is 3.68. The lowest BCUT2D eigenvalue weighted by Gasteiger charge is -2.42. The van der Waals surface area contributed by atoms with E-state index < -0.39 is 23.8 Å². The van der Waals surface area contributed by atoms with Crippen LogP contribution in [-0.4, -0.2) is 62.9 Å². The summed E-state index contributed by atoms with van der Waals surface area (Å²) in [5, 5.41) is 0.303. The van der Waals surface area contributed by atoms with Gasteiger partial charge in [0.15, 0.2) is 17.7 Å². The standard InChI is InChI=1S/C29H36N2O6S/c38-27(31-17-16-30-19-31)33-22-21(32-18-20-10-4-1-5-11-20)23-25(36-28(34-23)12-6-2-7-13-28)26-24(22)35-29(37-26)14-8-3-9-15-29/h1,4-5,10-11,16-17,19,21-26H,2-3,6-9,12-15,18H2/t21-,22-,23+,24+,25+,26-/m0/s1. The smallest absolute Gasteiger partial charge is 0.269 e. The zero-order valence-electron chi connectivity index (χ0n) is 21.6. The molecule has 38 heavy (non-hydrogen) atoms. The van der Waals surface area contributed by atoms with Crippen LogP contribution in [0.25, 0.3) is 0 Å². The van der Waals surface area contributed by atoms with Gasteiger partial charge in [-0.05, 0) is 43.5 Å². The Balaban J connectivity index is 1.24. The first-order valence-electron chi connectivity index (χ1n) is 14.2. The second-order valence-corrected chi connectivity index (χ2v) is 11.7. The number of ether oxygens (including phenoxy) is 6. The van der Waals surface area contributed by atoms with E-state index in [0.717, 1.165) is 56.9 Å². The van der Waals surface area contributed by atoms with Gasteiger partial charge in [0, 0.05) is 38.1 Å². The molecule has 3 aliphatic carbocycles. The van der Waals surface area contributed by atoms with Crippen molar-refractivity contribution in [3.63, 3.8) is 0 Å². The van der Waals surface area contributed by atoms with Gasteiger partial charge in [-0.3, -0.25) is 4.57 Å². The Labute approximate surface area is 228 Å². The van der Waals surface area contributed by atoms with E-state index in [0.29, 0.717) is 11.8 Å². The first-order valence-corrected chi connectivity index (χ1v) is 14.6. The minimum Gasteiger partial charge on any atom is -0.461 e. The van der Waals surface area contributed by atoms with Gasteiger partial charge in [0.25, 0.3) is 5.17 Å². The lowest BCUT2D eigenvalue weighted by atomic mass is 9.84. The van der Waals surface area contributed by atoms with Gasteiger partial charge >= 0.3 is 0 Å². The van der Waals surface area contributed by atoms with Gasteiger partial charge in [-0.2, -0.15) is 0 Å². The zero-order chi connectivity index (χ0) is 25.6. The maximum absolute atomic E-state index is 6.86. The van der Waals surface area contributed by atoms with Crippen molar-refractivity contribution in [3.05, 3.63) is 54.6 Å². The Morgan fingerprint density at radius 2 is 1.39 bits per heavy atom. The summed E-state index contributed by atoms with van der Waals surface area (Å²) in [6, 6.07) is 10.2. The summed E-state index contributed by atoms with van der Waals surface area (Å²) in [7, 11) is 0. The van der Waals surface area contributed by atoms with E-state index in [-0.39, 0.29) is 24.4 Å². The quantitative estimate of drug-likeness (QED) is 0.508. The van der Waals surface area contributed by atoms with Gasteiger partial charge in [0.05, 0.1) is 6.61 Å². The van der Waals surface area contributed by atoms with E-state index in [1.165, 1.54) is 12.8 Å². The molecule has 2 saturated heterocycles. The van der Waals surface area contributed by atoms with Gasteiger partial charge < -0.3 is 28.4 Å². The van der Waals surface area contributed by atoms with Crippen LogP contribution in [0.3, 0.4) is 0 Å². The van der Waals surface area contributed by atoms with Crippen LogP contribution in [0, 0.1) is 0 Å². The minimum absolute atomic E-state index is 0.290. The van der Waals surface area contributed by atoms with Crippen molar-refractivity contribution in [1.29, 1.82) is 0 Å². The molecule has 9 heteroatoms. The number of hydrogen-bond acceptors (Lipinski definition) is 8. The second-order valence-electron chi connectivity index (χ2n) is 11.4. The highest BCUT2D eigenvalue weighted by Gasteiger charge is 2.67. The molecule has 7 rings (SSSR count). The highest BCUT2D eigenvalue weighted by atomic mass is 32.1. The Morgan fingerprint density at radius 1 is 0.816 bits per heavy atom. The van der Waals surface area contributed by atoms with Crippen LogP contribution in [0.4, 0.5) is 0 Å². The molecule has 5 aliphatic rings. The molecule has 0 unspecified atom stereocenters. The van der Waals surface area contributed by atoms with Crippen LogP contribution < -0.4 is 0 Å². The normalized spacial score (nSPS) is 35.2. The van der Waals surface area contributed by atoms with E-state index >= 15 is 0 Å². The Morgan fingerprint density at radius 3 is 1.97 bits per heavy atom. The van der Waals surface area contributed by atoms with Gasteiger partial charge in [0.1, 0.15) is 36.8 Å². The van der Waals surface area contributed by atoms with Gasteiger partial charge in [0.2, 0.25) is 0 Å².